The van der Waals surface area contributed by atoms with Crippen LogP contribution < -0.4 is 14.3 Å². The number of ether oxygens (including phenoxy) is 8. The highest BCUT2D eigenvalue weighted by Gasteiger charge is 2.37. The third-order valence-corrected chi connectivity index (χ3v) is 13.1. The smallest absolute Gasteiger partial charge is 0.404 e. The number of nitrogens with zero attached hydrogens (tertiary/aromatic N) is 2. The van der Waals surface area contributed by atoms with Crippen molar-refractivity contribution < 1.29 is 47.5 Å². The van der Waals surface area contributed by atoms with Crippen LogP contribution in [0, 0.1) is 11.8 Å². The van der Waals surface area contributed by atoms with E-state index in [4.69, 9.17) is 61.3 Å². The zero-order valence-electron chi connectivity index (χ0n) is 38.4. The molecule has 0 aromatic heterocycles. The minimum atomic E-state index is -0.659. The number of fused-ring (bicyclic) bond motifs is 6. The number of esters is 1. The number of hydrogen-bond donors (Lipinski definition) is 1. The van der Waals surface area contributed by atoms with E-state index < -0.39 is 11.7 Å². The Kier molecular flexibility index (Phi) is 20.8. The molecule has 2 unspecified atom stereocenters. The van der Waals surface area contributed by atoms with Crippen molar-refractivity contribution >= 4 is 34.8 Å². The maximum absolute atomic E-state index is 13.0. The lowest BCUT2D eigenvalue weighted by molar-refractivity contribution is -0.159. The van der Waals surface area contributed by atoms with Gasteiger partial charge in [-0.2, -0.15) is 0 Å². The molecule has 4 aromatic carbocycles. The van der Waals surface area contributed by atoms with Gasteiger partial charge in [-0.1, -0.05) is 84.9 Å². The summed E-state index contributed by atoms with van der Waals surface area (Å²) in [6.07, 6.45) is 4.11. The van der Waals surface area contributed by atoms with E-state index in [-0.39, 0.29) is 43.0 Å². The Morgan fingerprint density at radius 2 is 1.03 bits per heavy atom. The number of nitrogens with one attached hydrogen (secondary N) is 1. The van der Waals surface area contributed by atoms with Crippen molar-refractivity contribution in [1.29, 1.82) is 0 Å². The molecule has 6 saturated heterocycles. The van der Waals surface area contributed by atoms with Crippen LogP contribution in [-0.4, -0.2) is 127 Å². The quantitative estimate of drug-likeness (QED) is 0.0417. The van der Waals surface area contributed by atoms with Crippen molar-refractivity contribution in [2.45, 2.75) is 68.9 Å². The molecular weight excluding hydrogens is 885 g/mol. The SMILES string of the molecule is COC(COc1cccc(C(CC(=O)O[C@H]2CN3CCC2CC3)c2ccccc2)c1)OC.COC(COc1cccc(C(NCl)c2ccccc2)c1)OC.O=C(Cl)O[C@H]1CN2CCC1CC2. The highest BCUT2D eigenvalue weighted by Crippen LogP contribution is 2.34. The average Bonchev–Trinajstić information content (AvgIpc) is 3.36. The second-order valence-electron chi connectivity index (χ2n) is 16.9. The average molecular weight is 951 g/mol. The maximum atomic E-state index is 13.0. The molecule has 6 heterocycles. The Balaban J connectivity index is 0.000000182. The first-order chi connectivity index (χ1) is 32.2. The molecule has 6 aliphatic heterocycles. The molecule has 0 aliphatic carbocycles. The van der Waals surface area contributed by atoms with E-state index in [1.807, 2.05) is 97.1 Å². The molecule has 13 nitrogen and oxygen atoms in total. The fraction of sp³-hybridized carbons (Fsp3) is 0.490. The number of carbonyl (C=O) groups is 2. The summed E-state index contributed by atoms with van der Waals surface area (Å²) in [5, 5.41) is 0. The standard InChI is InChI=1S/C26H33NO5.C17H20ClNO3.C8H12ClNO2/c1-29-26(30-2)18-31-22-10-6-9-21(15-22)23(19-7-4-3-5-8-19)16-25(28)32-24-17-27-13-11-20(24)12-14-27;1-20-16(21-2)12-22-15-10-6-9-14(11-15)17(19-18)13-7-4-3-5-8-13;9-8(11)12-7-5-10-3-1-6(7)2-4-10/h3-10,15,20,23-24,26H,11-14,16-18H2,1-2H3;3-11,16-17,19H,12H2,1-2H3;6-7H,1-5H2/t23?,24-;;7-/m0.0/s1. The van der Waals surface area contributed by atoms with Gasteiger partial charge in [-0.25, -0.2) is 9.63 Å². The zero-order valence-corrected chi connectivity index (χ0v) is 39.9. The van der Waals surface area contributed by atoms with Gasteiger partial charge < -0.3 is 37.9 Å². The Labute approximate surface area is 399 Å². The van der Waals surface area contributed by atoms with E-state index in [9.17, 15) is 9.59 Å². The second-order valence-corrected chi connectivity index (χ2v) is 17.4. The van der Waals surface area contributed by atoms with Crippen LogP contribution in [0.15, 0.2) is 109 Å². The summed E-state index contributed by atoms with van der Waals surface area (Å²) < 4.78 is 43.2. The molecule has 0 spiro atoms. The molecule has 1 N–H and O–H groups in total. The van der Waals surface area contributed by atoms with Gasteiger partial charge in [-0.3, -0.25) is 14.6 Å². The third-order valence-electron chi connectivity index (χ3n) is 12.8. The number of hydrogen-bond acceptors (Lipinski definition) is 13. The number of methoxy groups -OCH3 is 4. The molecule has 6 aliphatic rings. The van der Waals surface area contributed by atoms with Crippen LogP contribution in [0.2, 0.25) is 0 Å². The molecule has 358 valence electrons. The molecule has 6 fully saturated rings. The van der Waals surface area contributed by atoms with Crippen LogP contribution in [0.25, 0.3) is 0 Å². The van der Waals surface area contributed by atoms with Crippen molar-refractivity contribution in [3.63, 3.8) is 0 Å². The molecular formula is C51H65Cl2N3O10. The highest BCUT2D eigenvalue weighted by molar-refractivity contribution is 6.61. The molecule has 0 saturated carbocycles. The highest BCUT2D eigenvalue weighted by atomic mass is 35.5. The largest absolute Gasteiger partial charge is 0.488 e. The lowest BCUT2D eigenvalue weighted by Gasteiger charge is -2.44. The zero-order chi connectivity index (χ0) is 46.7. The molecule has 4 aromatic rings. The minimum absolute atomic E-state index is 0.0242. The predicted molar refractivity (Wildman–Crippen MR) is 254 cm³/mol. The van der Waals surface area contributed by atoms with Gasteiger partial charge in [0.05, 0.1) is 12.5 Å². The normalized spacial score (nSPS) is 22.5. The predicted octanol–water partition coefficient (Wildman–Crippen LogP) is 8.82. The minimum Gasteiger partial charge on any atom is -0.488 e. The van der Waals surface area contributed by atoms with Crippen LogP contribution in [-0.2, 0) is 33.2 Å². The van der Waals surface area contributed by atoms with Crippen molar-refractivity contribution in [2.24, 2.45) is 11.8 Å². The van der Waals surface area contributed by atoms with Gasteiger partial charge in [0, 0.05) is 59.0 Å². The molecule has 4 bridgehead atoms. The van der Waals surface area contributed by atoms with E-state index >= 15 is 0 Å². The molecule has 66 heavy (non-hydrogen) atoms. The lowest BCUT2D eigenvalue weighted by atomic mass is 9.85. The van der Waals surface area contributed by atoms with E-state index in [1.54, 1.807) is 28.4 Å². The Morgan fingerprint density at radius 3 is 1.47 bits per heavy atom. The molecule has 0 amide bonds. The summed E-state index contributed by atoms with van der Waals surface area (Å²) in [5.41, 5.74) is 3.55. The van der Waals surface area contributed by atoms with E-state index in [2.05, 4.69) is 26.8 Å². The number of rotatable bonds is 19. The summed E-state index contributed by atoms with van der Waals surface area (Å²) >= 11 is 11.1. The van der Waals surface area contributed by atoms with Gasteiger partial charge in [0.25, 0.3) is 0 Å². The Bertz CT molecular complexity index is 2030. The molecule has 15 heteroatoms. The van der Waals surface area contributed by atoms with Crippen molar-refractivity contribution in [2.75, 3.05) is 80.9 Å². The van der Waals surface area contributed by atoms with E-state index in [1.165, 1.54) is 0 Å². The van der Waals surface area contributed by atoms with Crippen molar-refractivity contribution in [1.82, 2.24) is 14.6 Å². The Hall–Kier alpha value is -4.28. The van der Waals surface area contributed by atoms with E-state index in [0.29, 0.717) is 30.6 Å². The number of piperidine rings is 6. The monoisotopic (exact) mass is 949 g/mol. The van der Waals surface area contributed by atoms with Crippen LogP contribution in [0.4, 0.5) is 4.79 Å². The van der Waals surface area contributed by atoms with Crippen molar-refractivity contribution in [3.05, 3.63) is 131 Å². The molecule has 4 atom stereocenters. The lowest BCUT2D eigenvalue weighted by Crippen LogP contribution is -2.52. The summed E-state index contributed by atoms with van der Waals surface area (Å²) in [6.45, 7) is 6.92. The number of halogens is 2. The first kappa shape index (κ1) is 51.1. The Morgan fingerprint density at radius 1 is 0.591 bits per heavy atom. The van der Waals surface area contributed by atoms with Gasteiger partial charge >= 0.3 is 11.4 Å². The topological polar surface area (TPSA) is 126 Å². The maximum Gasteiger partial charge on any atom is 0.404 e. The van der Waals surface area contributed by atoms with Gasteiger partial charge in [-0.05, 0) is 122 Å². The van der Waals surface area contributed by atoms with Crippen LogP contribution in [0.5, 0.6) is 11.5 Å². The fourth-order valence-corrected chi connectivity index (χ4v) is 9.43. The summed E-state index contributed by atoms with van der Waals surface area (Å²) in [5.74, 6) is 2.28. The fourth-order valence-electron chi connectivity index (χ4n) is 9.07. The van der Waals surface area contributed by atoms with Gasteiger partial charge in [0.15, 0.2) is 12.6 Å². The van der Waals surface area contributed by atoms with Gasteiger partial charge in [0.2, 0.25) is 0 Å². The van der Waals surface area contributed by atoms with Gasteiger partial charge in [-0.15, -0.1) is 0 Å². The first-order valence-corrected chi connectivity index (χ1v) is 23.5. The van der Waals surface area contributed by atoms with E-state index in [0.717, 1.165) is 93.0 Å². The van der Waals surface area contributed by atoms with Crippen molar-refractivity contribution in [3.8, 4) is 11.5 Å². The summed E-state index contributed by atoms with van der Waals surface area (Å²) in [6, 6.07) is 35.7. The second kappa shape index (κ2) is 26.9. The first-order valence-electron chi connectivity index (χ1n) is 22.7. The van der Waals surface area contributed by atoms with Gasteiger partial charge in [0.1, 0.15) is 36.9 Å². The number of carbonyl (C=O) groups excluding carboxylic acids is 2. The molecule has 0 radical (unpaired) electrons. The molecule has 10 rings (SSSR count). The summed E-state index contributed by atoms with van der Waals surface area (Å²) in [7, 11) is 6.33. The third kappa shape index (κ3) is 15.4. The van der Waals surface area contributed by atoms with Crippen LogP contribution >= 0.6 is 23.4 Å². The summed E-state index contributed by atoms with van der Waals surface area (Å²) in [4.78, 5) is 31.1. The number of benzene rings is 4. The van der Waals surface area contributed by atoms with Crippen LogP contribution in [0.3, 0.4) is 0 Å². The van der Waals surface area contributed by atoms with Crippen LogP contribution in [0.1, 0.15) is 66.3 Å².